The second-order valence-electron chi connectivity index (χ2n) is 2.39. The van der Waals surface area contributed by atoms with E-state index in [0.29, 0.717) is 11.3 Å². The number of carbonyl (C=O) groups excluding carboxylic acids is 1. The lowest BCUT2D eigenvalue weighted by Gasteiger charge is -2.04. The van der Waals surface area contributed by atoms with E-state index in [1.807, 2.05) is 6.92 Å². The highest BCUT2D eigenvalue weighted by atomic mass is 35.5. The SMILES string of the molecule is COc1cc(C)ncc1C(N)=O.Cl.Cl. The molecule has 2 N–H and O–H groups in total. The Labute approximate surface area is 94.7 Å². The summed E-state index contributed by atoms with van der Waals surface area (Å²) < 4.78 is 4.95. The summed E-state index contributed by atoms with van der Waals surface area (Å²) in [7, 11) is 1.49. The zero-order chi connectivity index (χ0) is 9.14. The normalized spacial score (nSPS) is 8.14. The minimum atomic E-state index is -0.528. The fraction of sp³-hybridized carbons (Fsp3) is 0.250. The van der Waals surface area contributed by atoms with Crippen molar-refractivity contribution in [3.05, 3.63) is 23.5 Å². The van der Waals surface area contributed by atoms with Crippen LogP contribution < -0.4 is 10.5 Å². The van der Waals surface area contributed by atoms with Crippen molar-refractivity contribution < 1.29 is 9.53 Å². The number of ether oxygens (including phenoxy) is 1. The second-order valence-corrected chi connectivity index (χ2v) is 2.39. The molecular formula is C8H12Cl2N2O2. The lowest BCUT2D eigenvalue weighted by Crippen LogP contribution is -2.13. The van der Waals surface area contributed by atoms with E-state index in [0.717, 1.165) is 5.69 Å². The van der Waals surface area contributed by atoms with Crippen LogP contribution in [0.15, 0.2) is 12.3 Å². The van der Waals surface area contributed by atoms with Gasteiger partial charge in [-0.05, 0) is 6.92 Å². The Morgan fingerprint density at radius 3 is 2.50 bits per heavy atom. The molecule has 0 fully saturated rings. The molecule has 0 bridgehead atoms. The van der Waals surface area contributed by atoms with Crippen molar-refractivity contribution in [3.8, 4) is 5.75 Å². The number of carbonyl (C=O) groups is 1. The second kappa shape index (κ2) is 6.45. The van der Waals surface area contributed by atoms with E-state index in [4.69, 9.17) is 10.5 Å². The maximum Gasteiger partial charge on any atom is 0.254 e. The van der Waals surface area contributed by atoms with Crippen LogP contribution in [0.5, 0.6) is 5.75 Å². The summed E-state index contributed by atoms with van der Waals surface area (Å²) >= 11 is 0. The van der Waals surface area contributed by atoms with Gasteiger partial charge in [0.1, 0.15) is 5.75 Å². The molecule has 0 unspecified atom stereocenters. The number of aromatic nitrogens is 1. The van der Waals surface area contributed by atoms with Crippen LogP contribution >= 0.6 is 24.8 Å². The zero-order valence-corrected chi connectivity index (χ0v) is 9.45. The highest BCUT2D eigenvalue weighted by molar-refractivity contribution is 5.95. The molecule has 0 aliphatic carbocycles. The Morgan fingerprint density at radius 1 is 1.50 bits per heavy atom. The van der Waals surface area contributed by atoms with E-state index >= 15 is 0 Å². The molecule has 6 heteroatoms. The molecule has 14 heavy (non-hydrogen) atoms. The van der Waals surface area contributed by atoms with Crippen molar-refractivity contribution >= 4 is 30.7 Å². The van der Waals surface area contributed by atoms with Gasteiger partial charge >= 0.3 is 0 Å². The molecule has 1 aromatic heterocycles. The first-order valence-electron chi connectivity index (χ1n) is 3.45. The summed E-state index contributed by atoms with van der Waals surface area (Å²) in [6.07, 6.45) is 1.41. The number of amides is 1. The van der Waals surface area contributed by atoms with Crippen LogP contribution in [0.25, 0.3) is 0 Å². The minimum absolute atomic E-state index is 0. The third kappa shape index (κ3) is 3.40. The summed E-state index contributed by atoms with van der Waals surface area (Å²) in [6.45, 7) is 1.81. The van der Waals surface area contributed by atoms with Gasteiger partial charge in [0.25, 0.3) is 5.91 Å². The van der Waals surface area contributed by atoms with Gasteiger partial charge in [0.15, 0.2) is 0 Å². The molecule has 0 aliphatic heterocycles. The smallest absolute Gasteiger partial charge is 0.254 e. The first-order valence-corrected chi connectivity index (χ1v) is 3.45. The van der Waals surface area contributed by atoms with Crippen molar-refractivity contribution in [2.75, 3.05) is 7.11 Å². The van der Waals surface area contributed by atoms with Crippen LogP contribution in [0.4, 0.5) is 0 Å². The van der Waals surface area contributed by atoms with Gasteiger partial charge in [0.2, 0.25) is 0 Å². The number of halogens is 2. The molecule has 0 atom stereocenters. The van der Waals surface area contributed by atoms with E-state index in [9.17, 15) is 4.79 Å². The quantitative estimate of drug-likeness (QED) is 0.846. The minimum Gasteiger partial charge on any atom is -0.496 e. The van der Waals surface area contributed by atoms with Gasteiger partial charge in [-0.1, -0.05) is 0 Å². The summed E-state index contributed by atoms with van der Waals surface area (Å²) in [6, 6.07) is 1.67. The number of hydrogen-bond acceptors (Lipinski definition) is 3. The molecule has 1 heterocycles. The highest BCUT2D eigenvalue weighted by Gasteiger charge is 2.08. The molecule has 0 aliphatic rings. The Kier molecular flexibility index (Phi) is 7.13. The van der Waals surface area contributed by atoms with Gasteiger partial charge in [0.05, 0.1) is 12.7 Å². The van der Waals surface area contributed by atoms with Gasteiger partial charge in [0, 0.05) is 18.0 Å². The topological polar surface area (TPSA) is 65.2 Å². The standard InChI is InChI=1S/C8H10N2O2.2ClH/c1-5-3-7(12-2)6(4-10-5)8(9)11;;/h3-4H,1-2H3,(H2,9,11);2*1H. The first kappa shape index (κ1) is 15.5. The number of pyridine rings is 1. The number of nitrogens with two attached hydrogens (primary N) is 1. The number of aryl methyl sites for hydroxylation is 1. The molecule has 1 rings (SSSR count). The predicted molar refractivity (Wildman–Crippen MR) is 58.5 cm³/mol. The van der Waals surface area contributed by atoms with Gasteiger partial charge in [-0.15, -0.1) is 24.8 Å². The summed E-state index contributed by atoms with van der Waals surface area (Å²) in [5.74, 6) is -0.0608. The average Bonchev–Trinajstić information content (AvgIpc) is 2.03. The summed E-state index contributed by atoms with van der Waals surface area (Å²) in [4.78, 5) is 14.7. The van der Waals surface area contributed by atoms with Crippen molar-refractivity contribution in [2.24, 2.45) is 5.73 Å². The van der Waals surface area contributed by atoms with E-state index in [1.54, 1.807) is 6.07 Å². The molecular weight excluding hydrogens is 227 g/mol. The zero-order valence-electron chi connectivity index (χ0n) is 7.81. The highest BCUT2D eigenvalue weighted by Crippen LogP contribution is 2.16. The average molecular weight is 239 g/mol. The van der Waals surface area contributed by atoms with Crippen LogP contribution in [-0.2, 0) is 0 Å². The predicted octanol–water partition coefficient (Wildman–Crippen LogP) is 1.34. The lowest BCUT2D eigenvalue weighted by molar-refractivity contribution is 0.0997. The van der Waals surface area contributed by atoms with Gasteiger partial charge in [-0.25, -0.2) is 0 Å². The van der Waals surface area contributed by atoms with Gasteiger partial charge in [-0.2, -0.15) is 0 Å². The molecule has 80 valence electrons. The fourth-order valence-corrected chi connectivity index (χ4v) is 0.889. The molecule has 0 saturated heterocycles. The monoisotopic (exact) mass is 238 g/mol. The van der Waals surface area contributed by atoms with E-state index in [2.05, 4.69) is 4.98 Å². The Balaban J connectivity index is 0. The lowest BCUT2D eigenvalue weighted by atomic mass is 10.2. The van der Waals surface area contributed by atoms with Crippen LogP contribution in [0.1, 0.15) is 16.1 Å². The van der Waals surface area contributed by atoms with E-state index < -0.39 is 5.91 Å². The Morgan fingerprint density at radius 2 is 2.07 bits per heavy atom. The number of methoxy groups -OCH3 is 1. The van der Waals surface area contributed by atoms with Crippen molar-refractivity contribution in [3.63, 3.8) is 0 Å². The summed E-state index contributed by atoms with van der Waals surface area (Å²) in [5, 5.41) is 0. The maximum atomic E-state index is 10.8. The number of rotatable bonds is 2. The van der Waals surface area contributed by atoms with Gasteiger partial charge < -0.3 is 10.5 Å². The van der Waals surface area contributed by atoms with Crippen molar-refractivity contribution in [1.82, 2.24) is 4.98 Å². The molecule has 0 radical (unpaired) electrons. The van der Waals surface area contributed by atoms with E-state index in [1.165, 1.54) is 13.3 Å². The number of nitrogens with zero attached hydrogens (tertiary/aromatic N) is 1. The molecule has 1 amide bonds. The van der Waals surface area contributed by atoms with Gasteiger partial charge in [-0.3, -0.25) is 9.78 Å². The maximum absolute atomic E-state index is 10.8. The molecule has 4 nitrogen and oxygen atoms in total. The number of hydrogen-bond donors (Lipinski definition) is 1. The van der Waals surface area contributed by atoms with Crippen LogP contribution in [0.2, 0.25) is 0 Å². The third-order valence-electron chi connectivity index (χ3n) is 1.49. The first-order chi connectivity index (χ1) is 5.65. The summed E-state index contributed by atoms with van der Waals surface area (Å²) in [5.41, 5.74) is 6.18. The third-order valence-corrected chi connectivity index (χ3v) is 1.49. The van der Waals surface area contributed by atoms with Crippen molar-refractivity contribution in [2.45, 2.75) is 6.92 Å². The molecule has 0 spiro atoms. The van der Waals surface area contributed by atoms with Crippen LogP contribution in [0.3, 0.4) is 0 Å². The Bertz CT molecular complexity index is 318. The van der Waals surface area contributed by atoms with Crippen LogP contribution in [0, 0.1) is 6.92 Å². The molecule has 0 saturated carbocycles. The molecule has 0 aromatic carbocycles. The van der Waals surface area contributed by atoms with Crippen molar-refractivity contribution in [1.29, 1.82) is 0 Å². The van der Waals surface area contributed by atoms with Crippen LogP contribution in [-0.4, -0.2) is 18.0 Å². The Hall–Kier alpha value is -1.00. The van der Waals surface area contributed by atoms with E-state index in [-0.39, 0.29) is 24.8 Å². The molecule has 1 aromatic rings. The fourth-order valence-electron chi connectivity index (χ4n) is 0.889. The largest absolute Gasteiger partial charge is 0.496 e. The number of primary amides is 1.